The molecular formula is C17H14ClNO2S2. The van der Waals surface area contributed by atoms with Gasteiger partial charge >= 0.3 is 0 Å². The number of thioether (sulfide) groups is 1. The molecule has 1 amide bonds. The summed E-state index contributed by atoms with van der Waals surface area (Å²) in [4.78, 5) is 14.5. The van der Waals surface area contributed by atoms with Crippen LogP contribution in [-0.2, 0) is 4.79 Å². The van der Waals surface area contributed by atoms with Crippen LogP contribution in [0.1, 0.15) is 19.1 Å². The van der Waals surface area contributed by atoms with E-state index in [1.165, 1.54) is 11.8 Å². The van der Waals surface area contributed by atoms with Gasteiger partial charge in [-0.25, -0.2) is 0 Å². The van der Waals surface area contributed by atoms with Crippen LogP contribution in [0, 0.1) is 0 Å². The third-order valence-corrected chi connectivity index (χ3v) is 4.98. The van der Waals surface area contributed by atoms with Crippen LogP contribution in [0.3, 0.4) is 0 Å². The summed E-state index contributed by atoms with van der Waals surface area (Å²) in [7, 11) is 0. The molecule has 0 saturated carbocycles. The summed E-state index contributed by atoms with van der Waals surface area (Å²) in [6.45, 7) is 2.67. The maximum atomic E-state index is 12.3. The molecule has 23 heavy (non-hydrogen) atoms. The van der Waals surface area contributed by atoms with E-state index in [4.69, 9.17) is 28.2 Å². The van der Waals surface area contributed by atoms with Crippen molar-refractivity contribution >= 4 is 51.9 Å². The number of amides is 1. The molecule has 0 bridgehead atoms. The minimum Gasteiger partial charge on any atom is -0.457 e. The number of rotatable bonds is 4. The van der Waals surface area contributed by atoms with Crippen molar-refractivity contribution in [3.05, 3.63) is 52.1 Å². The van der Waals surface area contributed by atoms with Crippen molar-refractivity contribution in [1.29, 1.82) is 0 Å². The van der Waals surface area contributed by atoms with Crippen LogP contribution in [0.4, 0.5) is 0 Å². The number of furan rings is 1. The van der Waals surface area contributed by atoms with Crippen molar-refractivity contribution < 1.29 is 9.21 Å². The summed E-state index contributed by atoms with van der Waals surface area (Å²) < 4.78 is 6.41. The average Bonchev–Trinajstić information content (AvgIpc) is 3.09. The van der Waals surface area contributed by atoms with Crippen LogP contribution in [0.2, 0.25) is 5.02 Å². The molecule has 2 aromatic rings. The topological polar surface area (TPSA) is 33.5 Å². The summed E-state index contributed by atoms with van der Waals surface area (Å²) in [5, 5.41) is 0.681. The Hall–Kier alpha value is -1.56. The van der Waals surface area contributed by atoms with Gasteiger partial charge < -0.3 is 4.42 Å². The Balaban J connectivity index is 1.82. The first-order valence-electron chi connectivity index (χ1n) is 7.19. The van der Waals surface area contributed by atoms with Crippen molar-refractivity contribution in [2.24, 2.45) is 0 Å². The van der Waals surface area contributed by atoms with E-state index < -0.39 is 0 Å². The van der Waals surface area contributed by atoms with Crippen LogP contribution < -0.4 is 0 Å². The van der Waals surface area contributed by atoms with E-state index in [1.807, 2.05) is 43.3 Å². The molecule has 1 aliphatic rings. The van der Waals surface area contributed by atoms with E-state index in [2.05, 4.69) is 0 Å². The van der Waals surface area contributed by atoms with Crippen molar-refractivity contribution in [3.63, 3.8) is 0 Å². The Labute approximate surface area is 149 Å². The third kappa shape index (κ3) is 3.52. The molecule has 3 nitrogen and oxygen atoms in total. The van der Waals surface area contributed by atoms with E-state index in [0.29, 0.717) is 26.6 Å². The van der Waals surface area contributed by atoms with Gasteiger partial charge in [-0.15, -0.1) is 0 Å². The van der Waals surface area contributed by atoms with Gasteiger partial charge in [-0.1, -0.05) is 42.5 Å². The minimum atomic E-state index is -0.0497. The first kappa shape index (κ1) is 16.3. The van der Waals surface area contributed by atoms with Crippen LogP contribution in [-0.4, -0.2) is 21.7 Å². The molecule has 1 aliphatic heterocycles. The Bertz CT molecular complexity index is 780. The number of carbonyl (C=O) groups excluding carboxylic acids is 1. The van der Waals surface area contributed by atoms with Gasteiger partial charge in [-0.2, -0.15) is 0 Å². The monoisotopic (exact) mass is 363 g/mol. The number of carbonyl (C=O) groups is 1. The van der Waals surface area contributed by atoms with Crippen LogP contribution in [0.5, 0.6) is 0 Å². The van der Waals surface area contributed by atoms with Gasteiger partial charge in [-0.05, 0) is 42.8 Å². The molecule has 0 spiro atoms. The molecule has 6 heteroatoms. The number of thiocarbonyl (C=S) groups is 1. The van der Waals surface area contributed by atoms with E-state index in [1.54, 1.807) is 11.0 Å². The molecule has 0 aliphatic carbocycles. The van der Waals surface area contributed by atoms with Gasteiger partial charge in [-0.3, -0.25) is 9.69 Å². The van der Waals surface area contributed by atoms with Gasteiger partial charge in [0.05, 0.1) is 4.91 Å². The fourth-order valence-electron chi connectivity index (χ4n) is 2.25. The van der Waals surface area contributed by atoms with Gasteiger partial charge in [0.25, 0.3) is 5.91 Å². The first-order valence-corrected chi connectivity index (χ1v) is 8.80. The van der Waals surface area contributed by atoms with Crippen LogP contribution >= 0.6 is 35.6 Å². The lowest BCUT2D eigenvalue weighted by atomic mass is 10.2. The van der Waals surface area contributed by atoms with Crippen molar-refractivity contribution in [2.75, 3.05) is 6.54 Å². The lowest BCUT2D eigenvalue weighted by Gasteiger charge is -2.11. The normalized spacial score (nSPS) is 16.6. The standard InChI is InChI=1S/C17H14ClNO2S2/c1-2-9-19-16(20)15(23-17(19)22)10-13-7-8-14(21-13)11-3-5-12(18)6-4-11/h3-8,10H,2,9H2,1H3/b15-10-. The van der Waals surface area contributed by atoms with Crippen LogP contribution in [0.25, 0.3) is 17.4 Å². The highest BCUT2D eigenvalue weighted by atomic mass is 35.5. The van der Waals surface area contributed by atoms with Gasteiger partial charge in [0.1, 0.15) is 15.8 Å². The van der Waals surface area contributed by atoms with E-state index in [0.717, 1.165) is 17.7 Å². The molecule has 3 rings (SSSR count). The summed E-state index contributed by atoms with van der Waals surface area (Å²) in [6, 6.07) is 11.1. The molecule has 1 aromatic heterocycles. The predicted molar refractivity (Wildman–Crippen MR) is 99.3 cm³/mol. The molecule has 0 unspecified atom stereocenters. The SMILES string of the molecule is CCCN1C(=O)/C(=C/c2ccc(-c3ccc(Cl)cc3)o2)SC1=S. The molecule has 118 valence electrons. The second-order valence-corrected chi connectivity index (χ2v) is 7.15. The molecule has 0 atom stereocenters. The number of benzene rings is 1. The smallest absolute Gasteiger partial charge is 0.266 e. The van der Waals surface area contributed by atoms with Gasteiger partial charge in [0, 0.05) is 23.2 Å². The first-order chi connectivity index (χ1) is 11.1. The zero-order chi connectivity index (χ0) is 16.4. The molecule has 1 saturated heterocycles. The summed E-state index contributed by atoms with van der Waals surface area (Å²) >= 11 is 12.5. The summed E-state index contributed by atoms with van der Waals surface area (Å²) in [5.74, 6) is 1.31. The molecule has 2 heterocycles. The number of hydrogen-bond donors (Lipinski definition) is 0. The summed E-state index contributed by atoms with van der Waals surface area (Å²) in [6.07, 6.45) is 2.62. The zero-order valence-corrected chi connectivity index (χ0v) is 14.8. The Morgan fingerprint density at radius 2 is 2.00 bits per heavy atom. The fraction of sp³-hybridized carbons (Fsp3) is 0.176. The highest BCUT2D eigenvalue weighted by molar-refractivity contribution is 8.26. The number of halogens is 1. The maximum Gasteiger partial charge on any atom is 0.266 e. The Morgan fingerprint density at radius 1 is 1.26 bits per heavy atom. The predicted octanol–water partition coefficient (Wildman–Crippen LogP) is 5.21. The Morgan fingerprint density at radius 3 is 2.70 bits per heavy atom. The molecular weight excluding hydrogens is 350 g/mol. The zero-order valence-electron chi connectivity index (χ0n) is 12.4. The molecule has 1 fully saturated rings. The second kappa shape index (κ2) is 6.91. The fourth-order valence-corrected chi connectivity index (χ4v) is 3.66. The van der Waals surface area contributed by atoms with Crippen molar-refractivity contribution in [3.8, 4) is 11.3 Å². The second-order valence-electron chi connectivity index (χ2n) is 5.04. The van der Waals surface area contributed by atoms with Crippen molar-refractivity contribution in [1.82, 2.24) is 4.90 Å². The largest absolute Gasteiger partial charge is 0.457 e. The number of hydrogen-bond acceptors (Lipinski definition) is 4. The van der Waals surface area contributed by atoms with E-state index >= 15 is 0 Å². The van der Waals surface area contributed by atoms with Gasteiger partial charge in [0.2, 0.25) is 0 Å². The maximum absolute atomic E-state index is 12.3. The lowest BCUT2D eigenvalue weighted by molar-refractivity contribution is -0.122. The van der Waals surface area contributed by atoms with E-state index in [-0.39, 0.29) is 5.91 Å². The third-order valence-electron chi connectivity index (χ3n) is 3.35. The molecule has 0 N–H and O–H groups in total. The van der Waals surface area contributed by atoms with Gasteiger partial charge in [0.15, 0.2) is 0 Å². The molecule has 0 radical (unpaired) electrons. The minimum absolute atomic E-state index is 0.0497. The van der Waals surface area contributed by atoms with Crippen LogP contribution in [0.15, 0.2) is 45.7 Å². The highest BCUT2D eigenvalue weighted by Crippen LogP contribution is 2.33. The average molecular weight is 364 g/mol. The quantitative estimate of drug-likeness (QED) is 0.551. The van der Waals surface area contributed by atoms with Crippen molar-refractivity contribution in [2.45, 2.75) is 13.3 Å². The Kier molecular flexibility index (Phi) is 4.90. The molecule has 1 aromatic carbocycles. The summed E-state index contributed by atoms with van der Waals surface area (Å²) in [5.41, 5.74) is 0.938. The lowest BCUT2D eigenvalue weighted by Crippen LogP contribution is -2.28. The van der Waals surface area contributed by atoms with E-state index in [9.17, 15) is 4.79 Å². The highest BCUT2D eigenvalue weighted by Gasteiger charge is 2.31. The number of nitrogens with zero attached hydrogens (tertiary/aromatic N) is 1.